The van der Waals surface area contributed by atoms with Gasteiger partial charge in [0.1, 0.15) is 5.82 Å². The van der Waals surface area contributed by atoms with Crippen LogP contribution in [0.15, 0.2) is 54.0 Å². The second-order valence-electron chi connectivity index (χ2n) is 6.68. The highest BCUT2D eigenvalue weighted by Gasteiger charge is 2.37. The molecule has 6 nitrogen and oxygen atoms in total. The summed E-state index contributed by atoms with van der Waals surface area (Å²) in [6.45, 7) is 1.76. The van der Waals surface area contributed by atoms with Crippen LogP contribution in [0.25, 0.3) is 0 Å². The first-order valence-electron chi connectivity index (χ1n) is 8.71. The third kappa shape index (κ3) is 4.15. The molecule has 0 aliphatic carbocycles. The zero-order chi connectivity index (χ0) is 21.3. The number of aromatic nitrogens is 1. The molecule has 0 spiro atoms. The SMILES string of the molecule is C[C@@H]1CC(N(N)c2ccccn2)=C(N)CN1C(=O)c1cccc(C(F)(F)F)c1Cl. The van der Waals surface area contributed by atoms with E-state index in [1.807, 2.05) is 0 Å². The number of pyridine rings is 1. The Hall–Kier alpha value is -2.78. The van der Waals surface area contributed by atoms with Gasteiger partial charge < -0.3 is 10.6 Å². The largest absolute Gasteiger partial charge is 0.417 e. The van der Waals surface area contributed by atoms with Crippen LogP contribution in [0.5, 0.6) is 0 Å². The zero-order valence-electron chi connectivity index (χ0n) is 15.4. The Morgan fingerprint density at radius 2 is 2.00 bits per heavy atom. The molecule has 1 aliphatic heterocycles. The number of nitrogens with two attached hydrogens (primary N) is 2. The molecule has 154 valence electrons. The molecule has 1 aromatic heterocycles. The summed E-state index contributed by atoms with van der Waals surface area (Å²) in [6, 6.07) is 8.13. The minimum Gasteiger partial charge on any atom is -0.399 e. The fourth-order valence-corrected chi connectivity index (χ4v) is 3.50. The Morgan fingerprint density at radius 3 is 2.62 bits per heavy atom. The average molecular weight is 426 g/mol. The van der Waals surface area contributed by atoms with Crippen LogP contribution in [0.4, 0.5) is 19.0 Å². The lowest BCUT2D eigenvalue weighted by atomic mass is 10.0. The summed E-state index contributed by atoms with van der Waals surface area (Å²) >= 11 is 5.90. The van der Waals surface area contributed by atoms with Crippen molar-refractivity contribution in [1.82, 2.24) is 9.88 Å². The molecule has 0 bridgehead atoms. The second-order valence-corrected chi connectivity index (χ2v) is 7.06. The third-order valence-corrected chi connectivity index (χ3v) is 5.12. The smallest absolute Gasteiger partial charge is 0.399 e. The van der Waals surface area contributed by atoms with Crippen LogP contribution in [0.3, 0.4) is 0 Å². The lowest BCUT2D eigenvalue weighted by Crippen LogP contribution is -2.48. The van der Waals surface area contributed by atoms with Gasteiger partial charge in [0.25, 0.3) is 5.91 Å². The minimum atomic E-state index is -4.66. The van der Waals surface area contributed by atoms with Crippen LogP contribution >= 0.6 is 11.6 Å². The Labute approximate surface area is 170 Å². The van der Waals surface area contributed by atoms with Gasteiger partial charge in [-0.1, -0.05) is 23.7 Å². The normalized spacial score (nSPS) is 17.4. The maximum absolute atomic E-state index is 13.1. The Bertz CT molecular complexity index is 949. The quantitative estimate of drug-likeness (QED) is 0.580. The van der Waals surface area contributed by atoms with Crippen molar-refractivity contribution in [2.75, 3.05) is 11.6 Å². The number of hydrogen-bond donors (Lipinski definition) is 2. The van der Waals surface area contributed by atoms with Crippen LogP contribution in [0.2, 0.25) is 5.02 Å². The van der Waals surface area contributed by atoms with Crippen LogP contribution in [-0.2, 0) is 6.18 Å². The predicted octanol–water partition coefficient (Wildman–Crippen LogP) is 3.54. The Morgan fingerprint density at radius 1 is 1.28 bits per heavy atom. The van der Waals surface area contributed by atoms with E-state index in [1.54, 1.807) is 31.3 Å². The van der Waals surface area contributed by atoms with Gasteiger partial charge in [0.15, 0.2) is 0 Å². The summed E-state index contributed by atoms with van der Waals surface area (Å²) in [7, 11) is 0. The molecule has 2 aromatic rings. The first-order valence-corrected chi connectivity index (χ1v) is 9.09. The summed E-state index contributed by atoms with van der Waals surface area (Å²) in [5.74, 6) is 5.99. The van der Waals surface area contributed by atoms with E-state index in [9.17, 15) is 18.0 Å². The van der Waals surface area contributed by atoms with Crippen LogP contribution in [0.1, 0.15) is 29.3 Å². The van der Waals surface area contributed by atoms with Gasteiger partial charge >= 0.3 is 6.18 Å². The topological polar surface area (TPSA) is 88.5 Å². The molecule has 1 atom stereocenters. The lowest BCUT2D eigenvalue weighted by molar-refractivity contribution is -0.137. The van der Waals surface area contributed by atoms with E-state index in [1.165, 1.54) is 16.0 Å². The van der Waals surface area contributed by atoms with E-state index in [0.29, 0.717) is 23.6 Å². The minimum absolute atomic E-state index is 0.00242. The molecule has 0 saturated heterocycles. The molecule has 1 aliphatic rings. The summed E-state index contributed by atoms with van der Waals surface area (Å²) in [4.78, 5) is 18.5. The fraction of sp³-hybridized carbons (Fsp3) is 0.263. The summed E-state index contributed by atoms with van der Waals surface area (Å²) in [5.41, 5.74) is 5.79. The van der Waals surface area contributed by atoms with Gasteiger partial charge in [0, 0.05) is 24.4 Å². The second kappa shape index (κ2) is 7.92. The Kier molecular flexibility index (Phi) is 5.72. The van der Waals surface area contributed by atoms with Gasteiger partial charge in [-0.15, -0.1) is 0 Å². The van der Waals surface area contributed by atoms with Crippen LogP contribution in [-0.4, -0.2) is 28.4 Å². The molecular formula is C19H19ClF3N5O. The number of amides is 1. The standard InChI is InChI=1S/C19H19ClF3N5O/c1-11-9-15(28(25)16-7-2-3-8-26-16)14(24)10-27(11)18(29)12-5-4-6-13(17(12)20)19(21,22)23/h2-8,11H,9-10,24-25H2,1H3/t11-/m1/s1. The van der Waals surface area contributed by atoms with Crippen molar-refractivity contribution in [3.05, 3.63) is 70.1 Å². The van der Waals surface area contributed by atoms with Crippen molar-refractivity contribution in [3.8, 4) is 0 Å². The van der Waals surface area contributed by atoms with Gasteiger partial charge in [-0.05, 0) is 31.2 Å². The number of rotatable bonds is 3. The number of hydrazine groups is 1. The molecule has 0 radical (unpaired) electrons. The third-order valence-electron chi connectivity index (χ3n) is 4.71. The first-order chi connectivity index (χ1) is 13.6. The fourth-order valence-electron chi connectivity index (χ4n) is 3.18. The molecule has 0 saturated carbocycles. The highest BCUT2D eigenvalue weighted by atomic mass is 35.5. The molecular weight excluding hydrogens is 407 g/mol. The molecule has 4 N–H and O–H groups in total. The highest BCUT2D eigenvalue weighted by molar-refractivity contribution is 6.34. The first kappa shape index (κ1) is 20.9. The lowest BCUT2D eigenvalue weighted by Gasteiger charge is -2.37. The molecule has 1 amide bonds. The van der Waals surface area contributed by atoms with Crippen molar-refractivity contribution >= 4 is 23.3 Å². The monoisotopic (exact) mass is 425 g/mol. The maximum Gasteiger partial charge on any atom is 0.417 e. The molecule has 3 rings (SSSR count). The maximum atomic E-state index is 13.1. The highest BCUT2D eigenvalue weighted by Crippen LogP contribution is 2.37. The van der Waals surface area contributed by atoms with Crippen molar-refractivity contribution < 1.29 is 18.0 Å². The van der Waals surface area contributed by atoms with E-state index < -0.39 is 22.7 Å². The number of halogens is 4. The average Bonchev–Trinajstić information content (AvgIpc) is 2.68. The zero-order valence-corrected chi connectivity index (χ0v) is 16.2. The molecule has 1 aromatic carbocycles. The summed E-state index contributed by atoms with van der Waals surface area (Å²) in [6.07, 6.45) is -2.76. The van der Waals surface area contributed by atoms with Gasteiger partial charge in [-0.25, -0.2) is 10.8 Å². The number of benzene rings is 1. The predicted molar refractivity (Wildman–Crippen MR) is 104 cm³/mol. The van der Waals surface area contributed by atoms with Gasteiger partial charge in [-0.3, -0.25) is 9.80 Å². The van der Waals surface area contributed by atoms with Crippen LogP contribution < -0.4 is 16.6 Å². The van der Waals surface area contributed by atoms with Gasteiger partial charge in [0.05, 0.1) is 28.4 Å². The molecule has 10 heteroatoms. The van der Waals surface area contributed by atoms with E-state index in [4.69, 9.17) is 23.2 Å². The number of alkyl halides is 3. The molecule has 2 heterocycles. The van der Waals surface area contributed by atoms with Crippen LogP contribution in [0, 0.1) is 0 Å². The number of hydrogen-bond acceptors (Lipinski definition) is 5. The summed E-state index contributed by atoms with van der Waals surface area (Å²) < 4.78 is 39.3. The van der Waals surface area contributed by atoms with Crippen molar-refractivity contribution in [1.29, 1.82) is 0 Å². The van der Waals surface area contributed by atoms with Crippen molar-refractivity contribution in [3.63, 3.8) is 0 Å². The number of anilines is 1. The van der Waals surface area contributed by atoms with Gasteiger partial charge in [-0.2, -0.15) is 13.2 Å². The van der Waals surface area contributed by atoms with Crippen molar-refractivity contribution in [2.24, 2.45) is 11.6 Å². The van der Waals surface area contributed by atoms with Crippen molar-refractivity contribution in [2.45, 2.75) is 25.6 Å². The number of carbonyl (C=O) groups is 1. The molecule has 0 unspecified atom stereocenters. The number of nitrogens with zero attached hydrogens (tertiary/aromatic N) is 3. The summed E-state index contributed by atoms with van der Waals surface area (Å²) in [5, 5.41) is 0.727. The van der Waals surface area contributed by atoms with Gasteiger partial charge in [0.2, 0.25) is 0 Å². The number of carbonyl (C=O) groups excluding carboxylic acids is 1. The van der Waals surface area contributed by atoms with E-state index in [-0.39, 0.29) is 18.2 Å². The van der Waals surface area contributed by atoms with E-state index in [0.717, 1.165) is 12.1 Å². The van der Waals surface area contributed by atoms with E-state index in [2.05, 4.69) is 4.98 Å². The molecule has 0 fully saturated rings. The van der Waals surface area contributed by atoms with E-state index >= 15 is 0 Å². The Balaban J connectivity index is 1.89. The molecule has 29 heavy (non-hydrogen) atoms.